The average Bonchev–Trinajstić information content (AvgIpc) is 2.74. The summed E-state index contributed by atoms with van der Waals surface area (Å²) in [6.45, 7) is 2.20. The van der Waals surface area contributed by atoms with E-state index in [0.29, 0.717) is 12.8 Å². The molecule has 20 heavy (non-hydrogen) atoms. The Morgan fingerprint density at radius 1 is 1.35 bits per heavy atom. The maximum atomic E-state index is 12.7. The zero-order valence-corrected chi connectivity index (χ0v) is 11.2. The van der Waals surface area contributed by atoms with Crippen molar-refractivity contribution in [3.05, 3.63) is 34.9 Å². The van der Waals surface area contributed by atoms with Gasteiger partial charge in [-0.3, -0.25) is 4.79 Å². The highest BCUT2D eigenvalue weighted by Crippen LogP contribution is 2.43. The molecule has 0 spiro atoms. The summed E-state index contributed by atoms with van der Waals surface area (Å²) in [5.41, 5.74) is 3.34. The van der Waals surface area contributed by atoms with Crippen LogP contribution in [0.3, 0.4) is 0 Å². The quantitative estimate of drug-likeness (QED) is 0.716. The lowest BCUT2D eigenvalue weighted by Crippen LogP contribution is -2.51. The van der Waals surface area contributed by atoms with Crippen molar-refractivity contribution in [2.75, 3.05) is 6.54 Å². The lowest BCUT2D eigenvalue weighted by Gasteiger charge is -2.38. The largest absolute Gasteiger partial charge is 0.471 e. The van der Waals surface area contributed by atoms with E-state index in [2.05, 4.69) is 6.07 Å². The SMILES string of the molecule is Cc1ccc2c(c1)C1CCCN(C(=O)C(F)(F)F)C1C2. The summed E-state index contributed by atoms with van der Waals surface area (Å²) < 4.78 is 38.1. The second kappa shape index (κ2) is 4.50. The number of hydrogen-bond acceptors (Lipinski definition) is 1. The van der Waals surface area contributed by atoms with E-state index in [0.717, 1.165) is 28.0 Å². The van der Waals surface area contributed by atoms with Crippen LogP contribution >= 0.6 is 0 Å². The van der Waals surface area contributed by atoms with E-state index in [-0.39, 0.29) is 18.5 Å². The molecule has 3 rings (SSSR count). The molecule has 1 aromatic rings. The molecule has 0 radical (unpaired) electrons. The first-order valence-electron chi connectivity index (χ1n) is 6.85. The number of halogens is 3. The van der Waals surface area contributed by atoms with Crippen LogP contribution < -0.4 is 0 Å². The van der Waals surface area contributed by atoms with Crippen LogP contribution in [-0.2, 0) is 11.2 Å². The number of hydrogen-bond donors (Lipinski definition) is 0. The van der Waals surface area contributed by atoms with E-state index in [4.69, 9.17) is 0 Å². The van der Waals surface area contributed by atoms with Crippen molar-refractivity contribution in [3.8, 4) is 0 Å². The van der Waals surface area contributed by atoms with E-state index < -0.39 is 12.1 Å². The van der Waals surface area contributed by atoms with Crippen LogP contribution in [-0.4, -0.2) is 29.6 Å². The smallest absolute Gasteiger partial charge is 0.331 e. The Morgan fingerprint density at radius 2 is 2.10 bits per heavy atom. The molecule has 1 saturated heterocycles. The van der Waals surface area contributed by atoms with Crippen LogP contribution in [0.25, 0.3) is 0 Å². The first-order chi connectivity index (χ1) is 9.38. The zero-order valence-electron chi connectivity index (χ0n) is 11.2. The molecule has 1 fully saturated rings. The summed E-state index contributed by atoms with van der Waals surface area (Å²) in [6, 6.07) is 5.70. The van der Waals surface area contributed by atoms with Crippen LogP contribution in [0.2, 0.25) is 0 Å². The van der Waals surface area contributed by atoms with Gasteiger partial charge in [0.05, 0.1) is 0 Å². The Hall–Kier alpha value is -1.52. The van der Waals surface area contributed by atoms with E-state index >= 15 is 0 Å². The summed E-state index contributed by atoms with van der Waals surface area (Å²) in [5.74, 6) is -1.62. The number of carbonyl (C=O) groups excluding carboxylic acids is 1. The minimum atomic E-state index is -4.77. The normalized spacial score (nSPS) is 25.3. The Bertz CT molecular complexity index is 553. The number of amides is 1. The van der Waals surface area contributed by atoms with E-state index in [1.54, 1.807) is 0 Å². The second-order valence-corrected chi connectivity index (χ2v) is 5.72. The minimum absolute atomic E-state index is 0.0601. The Balaban J connectivity index is 1.92. The predicted octanol–water partition coefficient (Wildman–Crippen LogP) is 3.19. The zero-order chi connectivity index (χ0) is 14.5. The Morgan fingerprint density at radius 3 is 2.80 bits per heavy atom. The third-order valence-electron chi connectivity index (χ3n) is 4.41. The van der Waals surface area contributed by atoms with Gasteiger partial charge in [0.1, 0.15) is 0 Å². The Labute approximate surface area is 115 Å². The molecule has 1 aliphatic heterocycles. The van der Waals surface area contributed by atoms with Crippen LogP contribution in [0.1, 0.15) is 35.4 Å². The first kappa shape index (κ1) is 13.5. The molecule has 0 aromatic heterocycles. The van der Waals surface area contributed by atoms with Gasteiger partial charge in [0.15, 0.2) is 0 Å². The van der Waals surface area contributed by atoms with Gasteiger partial charge in [-0.2, -0.15) is 13.2 Å². The standard InChI is InChI=1S/C15H16F3NO/c1-9-4-5-10-8-13-11(12(10)7-9)3-2-6-19(13)14(20)15(16,17)18/h4-5,7,11,13H,2-3,6,8H2,1H3. The fourth-order valence-corrected chi connectivity index (χ4v) is 3.56. The molecule has 1 aliphatic carbocycles. The van der Waals surface area contributed by atoms with Gasteiger partial charge >= 0.3 is 12.1 Å². The summed E-state index contributed by atoms with van der Waals surface area (Å²) in [7, 11) is 0. The molecule has 1 heterocycles. The number of carbonyl (C=O) groups is 1. The lowest BCUT2D eigenvalue weighted by molar-refractivity contribution is -0.189. The first-order valence-corrected chi connectivity index (χ1v) is 6.85. The fourth-order valence-electron chi connectivity index (χ4n) is 3.56. The number of benzene rings is 1. The molecule has 0 saturated carbocycles. The van der Waals surface area contributed by atoms with Gasteiger partial charge in [-0.05, 0) is 37.3 Å². The third-order valence-corrected chi connectivity index (χ3v) is 4.41. The van der Waals surface area contributed by atoms with E-state index in [9.17, 15) is 18.0 Å². The highest BCUT2D eigenvalue weighted by Gasteiger charge is 2.49. The number of fused-ring (bicyclic) bond motifs is 3. The number of likely N-dealkylation sites (tertiary alicyclic amines) is 1. The average molecular weight is 283 g/mol. The van der Waals surface area contributed by atoms with Gasteiger partial charge in [-0.1, -0.05) is 23.8 Å². The maximum absolute atomic E-state index is 12.7. The van der Waals surface area contributed by atoms with Crippen molar-refractivity contribution >= 4 is 5.91 Å². The monoisotopic (exact) mass is 283 g/mol. The molecule has 0 bridgehead atoms. The number of piperidine rings is 1. The second-order valence-electron chi connectivity index (χ2n) is 5.72. The topological polar surface area (TPSA) is 20.3 Å². The van der Waals surface area contributed by atoms with Gasteiger partial charge in [-0.25, -0.2) is 0 Å². The summed E-state index contributed by atoms with van der Waals surface area (Å²) >= 11 is 0. The van der Waals surface area contributed by atoms with Crippen molar-refractivity contribution in [2.45, 2.75) is 44.3 Å². The van der Waals surface area contributed by atoms with Crippen molar-refractivity contribution < 1.29 is 18.0 Å². The van der Waals surface area contributed by atoms with Crippen LogP contribution in [0, 0.1) is 6.92 Å². The van der Waals surface area contributed by atoms with Gasteiger partial charge < -0.3 is 4.90 Å². The molecule has 2 unspecified atom stereocenters. The molecule has 2 aliphatic rings. The van der Waals surface area contributed by atoms with Crippen molar-refractivity contribution in [3.63, 3.8) is 0 Å². The van der Waals surface area contributed by atoms with Crippen molar-refractivity contribution in [2.24, 2.45) is 0 Å². The lowest BCUT2D eigenvalue weighted by atomic mass is 9.88. The van der Waals surface area contributed by atoms with Crippen LogP contribution in [0.15, 0.2) is 18.2 Å². The van der Waals surface area contributed by atoms with Crippen molar-refractivity contribution in [1.29, 1.82) is 0 Å². The summed E-state index contributed by atoms with van der Waals surface area (Å²) in [4.78, 5) is 12.6. The number of rotatable bonds is 0. The number of nitrogens with zero attached hydrogens (tertiary/aromatic N) is 1. The molecule has 5 heteroatoms. The highest BCUT2D eigenvalue weighted by molar-refractivity contribution is 5.82. The van der Waals surface area contributed by atoms with Crippen molar-refractivity contribution in [1.82, 2.24) is 4.90 Å². The van der Waals surface area contributed by atoms with Gasteiger partial charge in [0, 0.05) is 18.5 Å². The van der Waals surface area contributed by atoms with E-state index in [1.807, 2.05) is 19.1 Å². The molecular weight excluding hydrogens is 267 g/mol. The molecule has 1 amide bonds. The van der Waals surface area contributed by atoms with Crippen LogP contribution in [0.4, 0.5) is 13.2 Å². The van der Waals surface area contributed by atoms with Gasteiger partial charge in [0.2, 0.25) is 0 Å². The molecule has 108 valence electrons. The van der Waals surface area contributed by atoms with E-state index in [1.165, 1.54) is 0 Å². The molecule has 1 aromatic carbocycles. The predicted molar refractivity (Wildman–Crippen MR) is 68.4 cm³/mol. The summed E-state index contributed by atoms with van der Waals surface area (Å²) in [5, 5.41) is 0. The highest BCUT2D eigenvalue weighted by atomic mass is 19.4. The fraction of sp³-hybridized carbons (Fsp3) is 0.533. The van der Waals surface area contributed by atoms with Crippen LogP contribution in [0.5, 0.6) is 0 Å². The maximum Gasteiger partial charge on any atom is 0.471 e. The Kier molecular flexibility index (Phi) is 3.03. The molecule has 0 N–H and O–H groups in total. The molecule has 2 nitrogen and oxygen atoms in total. The number of aryl methyl sites for hydroxylation is 1. The van der Waals surface area contributed by atoms with Gasteiger partial charge in [0.25, 0.3) is 0 Å². The minimum Gasteiger partial charge on any atom is -0.331 e. The summed E-state index contributed by atoms with van der Waals surface area (Å²) in [6.07, 6.45) is -2.73. The van der Waals surface area contributed by atoms with Gasteiger partial charge in [-0.15, -0.1) is 0 Å². The molecular formula is C15H16F3NO. The molecule has 2 atom stereocenters. The number of alkyl halides is 3. The third kappa shape index (κ3) is 2.09.